The Hall–Kier alpha value is -5.58. The third-order valence-electron chi connectivity index (χ3n) is 6.89. The van der Waals surface area contributed by atoms with Crippen LogP contribution in [0.15, 0.2) is 86.4 Å². The van der Waals surface area contributed by atoms with Gasteiger partial charge in [0, 0.05) is 18.7 Å². The number of rotatable bonds is 14. The zero-order chi connectivity index (χ0) is 31.0. The molecule has 0 N–H and O–H groups in total. The Balaban J connectivity index is 1.15. The number of methoxy groups -OCH3 is 1. The fourth-order valence-corrected chi connectivity index (χ4v) is 4.59. The lowest BCUT2D eigenvalue weighted by Crippen LogP contribution is -2.03. The van der Waals surface area contributed by atoms with Crippen LogP contribution in [0.1, 0.15) is 53.3 Å². The van der Waals surface area contributed by atoms with E-state index in [-0.39, 0.29) is 13.2 Å². The predicted molar refractivity (Wildman–Crippen MR) is 166 cm³/mol. The topological polar surface area (TPSA) is 124 Å². The van der Waals surface area contributed by atoms with Crippen LogP contribution in [0.3, 0.4) is 0 Å². The van der Waals surface area contributed by atoms with Crippen molar-refractivity contribution in [3.05, 3.63) is 113 Å². The molecule has 6 aromatic rings. The SMILES string of the molecule is CCCc1nnc(C=Cc2cn(Cc3ccccc3)nc2OCc2ccc(OCc3nc(-c4ccco4)oc3C)c(OC)c2)o1. The van der Waals surface area contributed by atoms with Gasteiger partial charge in [0.05, 0.1) is 25.5 Å². The molecule has 11 heteroatoms. The summed E-state index contributed by atoms with van der Waals surface area (Å²) < 4.78 is 36.6. The molecule has 0 aliphatic carbocycles. The van der Waals surface area contributed by atoms with Gasteiger partial charge in [-0.2, -0.15) is 0 Å². The first kappa shape index (κ1) is 29.5. The standard InChI is InChI=1S/C34H33N5O6/c1-4-9-31-36-37-32(45-31)16-14-26-20-39(19-24-10-6-5-7-11-24)38-33(26)43-21-25-13-15-28(30(18-25)40-3)42-22-27-23(2)44-34(35-27)29-12-8-17-41-29/h5-8,10-18,20H,4,9,19,21-22H2,1-3H3. The van der Waals surface area contributed by atoms with Crippen molar-refractivity contribution in [1.82, 2.24) is 25.0 Å². The Kier molecular flexibility index (Phi) is 9.05. The zero-order valence-electron chi connectivity index (χ0n) is 25.3. The minimum Gasteiger partial charge on any atom is -0.493 e. The molecule has 0 bridgehead atoms. The number of nitrogens with zero attached hydrogens (tertiary/aromatic N) is 5. The van der Waals surface area contributed by atoms with Crippen LogP contribution in [0.25, 0.3) is 23.8 Å². The molecule has 0 atom stereocenters. The third-order valence-corrected chi connectivity index (χ3v) is 6.89. The maximum atomic E-state index is 6.22. The highest BCUT2D eigenvalue weighted by Gasteiger charge is 2.16. The Bertz CT molecular complexity index is 1850. The Morgan fingerprint density at radius 2 is 1.78 bits per heavy atom. The minimum absolute atomic E-state index is 0.205. The van der Waals surface area contributed by atoms with Crippen LogP contribution in [-0.2, 0) is 26.2 Å². The molecule has 0 saturated heterocycles. The summed E-state index contributed by atoms with van der Waals surface area (Å²) in [5.41, 5.74) is 3.46. The molecule has 0 amide bonds. The second-order valence-electron chi connectivity index (χ2n) is 10.3. The van der Waals surface area contributed by atoms with E-state index < -0.39 is 0 Å². The van der Waals surface area contributed by atoms with Gasteiger partial charge in [-0.1, -0.05) is 43.3 Å². The van der Waals surface area contributed by atoms with E-state index in [0.717, 1.165) is 29.5 Å². The highest BCUT2D eigenvalue weighted by molar-refractivity contribution is 5.68. The van der Waals surface area contributed by atoms with E-state index >= 15 is 0 Å². The molecule has 4 aromatic heterocycles. The molecule has 11 nitrogen and oxygen atoms in total. The summed E-state index contributed by atoms with van der Waals surface area (Å²) in [7, 11) is 1.60. The highest BCUT2D eigenvalue weighted by atomic mass is 16.5. The fourth-order valence-electron chi connectivity index (χ4n) is 4.59. The molecule has 2 aromatic carbocycles. The number of oxazole rings is 1. The van der Waals surface area contributed by atoms with E-state index in [1.807, 2.05) is 60.3 Å². The van der Waals surface area contributed by atoms with Crippen molar-refractivity contribution in [2.45, 2.75) is 46.4 Å². The van der Waals surface area contributed by atoms with Gasteiger partial charge in [-0.25, -0.2) is 4.98 Å². The smallest absolute Gasteiger partial charge is 0.263 e. The summed E-state index contributed by atoms with van der Waals surface area (Å²) in [6, 6.07) is 19.3. The van der Waals surface area contributed by atoms with Gasteiger partial charge in [0.25, 0.3) is 5.89 Å². The lowest BCUT2D eigenvalue weighted by molar-refractivity contribution is 0.275. The van der Waals surface area contributed by atoms with Crippen LogP contribution >= 0.6 is 0 Å². The van der Waals surface area contributed by atoms with Crippen molar-refractivity contribution < 1.29 is 27.5 Å². The molecular formula is C34H33N5O6. The number of ether oxygens (including phenoxy) is 3. The van der Waals surface area contributed by atoms with Crippen molar-refractivity contribution in [2.75, 3.05) is 7.11 Å². The molecule has 0 saturated carbocycles. The Morgan fingerprint density at radius 3 is 2.58 bits per heavy atom. The summed E-state index contributed by atoms with van der Waals surface area (Å²) >= 11 is 0. The highest BCUT2D eigenvalue weighted by Crippen LogP contribution is 2.31. The van der Waals surface area contributed by atoms with Crippen LogP contribution in [0.5, 0.6) is 17.4 Å². The van der Waals surface area contributed by atoms with Gasteiger partial charge in [0.1, 0.15) is 24.7 Å². The number of aryl methyl sites for hydroxylation is 2. The molecule has 0 aliphatic heterocycles. The number of hydrogen-bond donors (Lipinski definition) is 0. The number of benzene rings is 2. The van der Waals surface area contributed by atoms with Crippen LogP contribution in [-0.4, -0.2) is 32.1 Å². The Labute approximate surface area is 260 Å². The lowest BCUT2D eigenvalue weighted by Gasteiger charge is -2.12. The van der Waals surface area contributed by atoms with E-state index in [0.29, 0.717) is 58.8 Å². The third kappa shape index (κ3) is 7.32. The average molecular weight is 608 g/mol. The van der Waals surface area contributed by atoms with Gasteiger partial charge < -0.3 is 27.5 Å². The number of aromatic nitrogens is 5. The minimum atomic E-state index is 0.205. The van der Waals surface area contributed by atoms with Crippen LogP contribution < -0.4 is 14.2 Å². The lowest BCUT2D eigenvalue weighted by atomic mass is 10.2. The van der Waals surface area contributed by atoms with Gasteiger partial charge in [-0.05, 0) is 54.8 Å². The fraction of sp³-hybridized carbons (Fsp3) is 0.235. The van der Waals surface area contributed by atoms with Crippen molar-refractivity contribution in [2.24, 2.45) is 0 Å². The normalized spacial score (nSPS) is 11.4. The number of hydrogen-bond acceptors (Lipinski definition) is 10. The maximum absolute atomic E-state index is 6.22. The maximum Gasteiger partial charge on any atom is 0.263 e. The quantitative estimate of drug-likeness (QED) is 0.126. The first-order valence-electron chi connectivity index (χ1n) is 14.6. The zero-order valence-corrected chi connectivity index (χ0v) is 25.3. The molecule has 4 heterocycles. The summed E-state index contributed by atoms with van der Waals surface area (Å²) in [5.74, 6) is 4.28. The summed E-state index contributed by atoms with van der Waals surface area (Å²) in [6.07, 6.45) is 8.82. The largest absolute Gasteiger partial charge is 0.493 e. The van der Waals surface area contributed by atoms with E-state index in [2.05, 4.69) is 34.2 Å². The van der Waals surface area contributed by atoms with Crippen molar-refractivity contribution in [3.8, 4) is 29.0 Å². The average Bonchev–Trinajstić information content (AvgIpc) is 3.87. The Morgan fingerprint density at radius 1 is 0.889 bits per heavy atom. The summed E-state index contributed by atoms with van der Waals surface area (Å²) in [4.78, 5) is 4.51. The van der Waals surface area contributed by atoms with Gasteiger partial charge in [-0.3, -0.25) is 4.68 Å². The molecule has 0 unspecified atom stereocenters. The predicted octanol–water partition coefficient (Wildman–Crippen LogP) is 7.16. The van der Waals surface area contributed by atoms with Crippen molar-refractivity contribution >= 4 is 12.2 Å². The van der Waals surface area contributed by atoms with Crippen LogP contribution in [0.2, 0.25) is 0 Å². The van der Waals surface area contributed by atoms with E-state index in [1.165, 1.54) is 0 Å². The first-order chi connectivity index (χ1) is 22.1. The second kappa shape index (κ2) is 13.8. The van der Waals surface area contributed by atoms with E-state index in [1.54, 1.807) is 31.6 Å². The molecule has 0 spiro atoms. The van der Waals surface area contributed by atoms with Gasteiger partial charge in [0.2, 0.25) is 17.7 Å². The molecule has 45 heavy (non-hydrogen) atoms. The van der Waals surface area contributed by atoms with Gasteiger partial charge in [0.15, 0.2) is 17.3 Å². The second-order valence-corrected chi connectivity index (χ2v) is 10.3. The van der Waals surface area contributed by atoms with Crippen molar-refractivity contribution in [1.29, 1.82) is 0 Å². The van der Waals surface area contributed by atoms with Gasteiger partial charge in [-0.15, -0.1) is 15.3 Å². The van der Waals surface area contributed by atoms with Crippen LogP contribution in [0.4, 0.5) is 0 Å². The molecule has 0 radical (unpaired) electrons. The molecule has 0 aliphatic rings. The monoisotopic (exact) mass is 607 g/mol. The number of furan rings is 1. The molecule has 230 valence electrons. The van der Waals surface area contributed by atoms with Crippen molar-refractivity contribution in [3.63, 3.8) is 0 Å². The molecule has 6 rings (SSSR count). The van der Waals surface area contributed by atoms with E-state index in [9.17, 15) is 0 Å². The van der Waals surface area contributed by atoms with E-state index in [4.69, 9.17) is 32.6 Å². The van der Waals surface area contributed by atoms with Gasteiger partial charge >= 0.3 is 0 Å². The summed E-state index contributed by atoms with van der Waals surface area (Å²) in [6.45, 7) is 4.97. The molecule has 0 fully saturated rings. The summed E-state index contributed by atoms with van der Waals surface area (Å²) in [5, 5.41) is 12.9. The first-order valence-corrected chi connectivity index (χ1v) is 14.6. The molecular weight excluding hydrogens is 574 g/mol. The van der Waals surface area contributed by atoms with Crippen LogP contribution in [0, 0.1) is 6.92 Å².